The molecular weight excluding hydrogens is 234 g/mol. The molecule has 0 atom stereocenters. The van der Waals surface area contributed by atoms with E-state index in [0.717, 1.165) is 45.0 Å². The Morgan fingerprint density at radius 3 is 2.59 bits per heavy atom. The van der Waals surface area contributed by atoms with Gasteiger partial charge in [-0.2, -0.15) is 0 Å². The van der Waals surface area contributed by atoms with E-state index in [1.165, 1.54) is 0 Å². The maximum absolute atomic E-state index is 5.53. The van der Waals surface area contributed by atoms with Crippen LogP contribution in [0.1, 0.15) is 5.69 Å². The van der Waals surface area contributed by atoms with Crippen LogP contribution >= 0.6 is 11.6 Å². The van der Waals surface area contributed by atoms with Crippen LogP contribution in [-0.2, 0) is 6.54 Å². The number of piperazine rings is 1. The predicted molar refractivity (Wildman–Crippen MR) is 70.9 cm³/mol. The van der Waals surface area contributed by atoms with Crippen molar-refractivity contribution >= 4 is 11.6 Å². The van der Waals surface area contributed by atoms with Crippen molar-refractivity contribution in [2.75, 3.05) is 32.7 Å². The number of hydrogen-bond acceptors (Lipinski definition) is 3. The molecule has 3 nitrogen and oxygen atoms in total. The molecule has 1 aromatic rings. The smallest absolute Gasteiger partial charge is 0.0543 e. The van der Waals surface area contributed by atoms with E-state index in [2.05, 4.69) is 20.9 Å². The molecule has 1 saturated heterocycles. The van der Waals surface area contributed by atoms with Gasteiger partial charge in [0.05, 0.1) is 5.69 Å². The molecule has 2 heterocycles. The number of halogens is 1. The quantitative estimate of drug-likeness (QED) is 0.816. The summed E-state index contributed by atoms with van der Waals surface area (Å²) >= 11 is 5.53. The zero-order valence-corrected chi connectivity index (χ0v) is 10.7. The van der Waals surface area contributed by atoms with Gasteiger partial charge in [0.25, 0.3) is 0 Å². The van der Waals surface area contributed by atoms with Crippen molar-refractivity contribution in [2.45, 2.75) is 6.54 Å². The van der Waals surface area contributed by atoms with Crippen LogP contribution < -0.4 is 0 Å². The second-order valence-electron chi connectivity index (χ2n) is 4.26. The van der Waals surface area contributed by atoms with Gasteiger partial charge in [0.2, 0.25) is 0 Å². The lowest BCUT2D eigenvalue weighted by molar-refractivity contribution is 0.136. The maximum Gasteiger partial charge on any atom is 0.0543 e. The van der Waals surface area contributed by atoms with Crippen molar-refractivity contribution in [3.8, 4) is 0 Å². The monoisotopic (exact) mass is 251 g/mol. The van der Waals surface area contributed by atoms with Gasteiger partial charge in [-0.15, -0.1) is 0 Å². The molecule has 0 bridgehead atoms. The van der Waals surface area contributed by atoms with Gasteiger partial charge in [-0.25, -0.2) is 0 Å². The summed E-state index contributed by atoms with van der Waals surface area (Å²) in [6, 6.07) is 6.09. The Morgan fingerprint density at radius 2 is 1.94 bits per heavy atom. The zero-order chi connectivity index (χ0) is 11.9. The van der Waals surface area contributed by atoms with Crippen molar-refractivity contribution in [3.05, 3.63) is 41.7 Å². The molecule has 0 saturated carbocycles. The largest absolute Gasteiger partial charge is 0.297 e. The van der Waals surface area contributed by atoms with Crippen molar-refractivity contribution in [1.29, 1.82) is 0 Å². The molecule has 0 spiro atoms. The summed E-state index contributed by atoms with van der Waals surface area (Å²) in [5.74, 6) is 0. The Bertz CT molecular complexity index is 345. The third-order valence-electron chi connectivity index (χ3n) is 3.03. The van der Waals surface area contributed by atoms with Gasteiger partial charge in [0, 0.05) is 51.0 Å². The molecule has 0 radical (unpaired) electrons. The average Bonchev–Trinajstić information content (AvgIpc) is 2.39. The predicted octanol–water partition coefficient (Wildman–Crippen LogP) is 1.95. The molecule has 0 unspecified atom stereocenters. The molecule has 1 aromatic heterocycles. The molecule has 1 aliphatic heterocycles. The van der Waals surface area contributed by atoms with Crippen molar-refractivity contribution < 1.29 is 0 Å². The van der Waals surface area contributed by atoms with E-state index in [-0.39, 0.29) is 0 Å². The van der Waals surface area contributed by atoms with E-state index in [1.807, 2.05) is 24.4 Å². The highest BCUT2D eigenvalue weighted by molar-refractivity contribution is 6.25. The highest BCUT2D eigenvalue weighted by Gasteiger charge is 2.15. The van der Waals surface area contributed by atoms with Gasteiger partial charge in [0.15, 0.2) is 0 Å². The number of hydrogen-bond donors (Lipinski definition) is 0. The number of nitrogens with zero attached hydrogens (tertiary/aromatic N) is 3. The van der Waals surface area contributed by atoms with Gasteiger partial charge in [-0.1, -0.05) is 23.7 Å². The van der Waals surface area contributed by atoms with E-state index in [4.69, 9.17) is 11.6 Å². The van der Waals surface area contributed by atoms with E-state index in [9.17, 15) is 0 Å². The van der Waals surface area contributed by atoms with E-state index >= 15 is 0 Å². The molecule has 92 valence electrons. The van der Waals surface area contributed by atoms with Crippen LogP contribution in [0.4, 0.5) is 0 Å². The molecule has 2 rings (SSSR count). The standard InChI is InChI=1S/C13H18ClN3/c14-5-3-7-16-8-10-17(11-9-16)12-13-4-1-2-6-15-13/h1-6H,7-12H2/b5-3+. The molecule has 0 aliphatic carbocycles. The summed E-state index contributed by atoms with van der Waals surface area (Å²) in [5.41, 5.74) is 2.75. The summed E-state index contributed by atoms with van der Waals surface area (Å²) in [6.07, 6.45) is 3.85. The van der Waals surface area contributed by atoms with Crippen LogP contribution in [0.15, 0.2) is 36.0 Å². The maximum atomic E-state index is 5.53. The Morgan fingerprint density at radius 1 is 1.18 bits per heavy atom. The molecule has 17 heavy (non-hydrogen) atoms. The molecular formula is C13H18ClN3. The summed E-state index contributed by atoms with van der Waals surface area (Å²) in [5, 5.41) is 0. The molecule has 1 fully saturated rings. The molecule has 4 heteroatoms. The Labute approximate surface area is 108 Å². The van der Waals surface area contributed by atoms with E-state index in [0.29, 0.717) is 0 Å². The number of rotatable bonds is 4. The van der Waals surface area contributed by atoms with Crippen molar-refractivity contribution in [1.82, 2.24) is 14.8 Å². The minimum absolute atomic E-state index is 0.958. The van der Waals surface area contributed by atoms with Crippen LogP contribution in [-0.4, -0.2) is 47.5 Å². The Balaban J connectivity index is 1.76. The fourth-order valence-corrected chi connectivity index (χ4v) is 2.12. The topological polar surface area (TPSA) is 19.4 Å². The van der Waals surface area contributed by atoms with E-state index < -0.39 is 0 Å². The van der Waals surface area contributed by atoms with Crippen LogP contribution in [0.3, 0.4) is 0 Å². The van der Waals surface area contributed by atoms with E-state index in [1.54, 1.807) is 5.54 Å². The minimum Gasteiger partial charge on any atom is -0.297 e. The highest BCUT2D eigenvalue weighted by atomic mass is 35.5. The number of aromatic nitrogens is 1. The Kier molecular flexibility index (Phi) is 4.98. The molecule has 0 amide bonds. The summed E-state index contributed by atoms with van der Waals surface area (Å²) in [7, 11) is 0. The molecule has 0 N–H and O–H groups in total. The SMILES string of the molecule is Cl/C=C/CN1CCN(Cc2ccccn2)CC1. The zero-order valence-electron chi connectivity index (χ0n) is 9.93. The summed E-state index contributed by atoms with van der Waals surface area (Å²) < 4.78 is 0. The molecule has 1 aliphatic rings. The van der Waals surface area contributed by atoms with Crippen LogP contribution in [0.25, 0.3) is 0 Å². The fourth-order valence-electron chi connectivity index (χ4n) is 2.04. The lowest BCUT2D eigenvalue weighted by Crippen LogP contribution is -2.45. The van der Waals surface area contributed by atoms with Crippen LogP contribution in [0, 0.1) is 0 Å². The normalized spacial score (nSPS) is 18.9. The van der Waals surface area contributed by atoms with Crippen LogP contribution in [0.5, 0.6) is 0 Å². The third-order valence-corrected chi connectivity index (χ3v) is 3.21. The van der Waals surface area contributed by atoms with Gasteiger partial charge in [-0.05, 0) is 12.1 Å². The highest BCUT2D eigenvalue weighted by Crippen LogP contribution is 2.06. The first kappa shape index (κ1) is 12.6. The summed E-state index contributed by atoms with van der Waals surface area (Å²) in [4.78, 5) is 9.22. The Hall–Kier alpha value is -0.900. The van der Waals surface area contributed by atoms with Crippen molar-refractivity contribution in [2.24, 2.45) is 0 Å². The first-order chi connectivity index (χ1) is 8.38. The molecule has 0 aromatic carbocycles. The number of pyridine rings is 1. The van der Waals surface area contributed by atoms with Gasteiger partial charge >= 0.3 is 0 Å². The van der Waals surface area contributed by atoms with Gasteiger partial charge < -0.3 is 0 Å². The first-order valence-corrected chi connectivity index (χ1v) is 6.42. The van der Waals surface area contributed by atoms with Gasteiger partial charge in [-0.3, -0.25) is 14.8 Å². The first-order valence-electron chi connectivity index (χ1n) is 5.98. The summed E-state index contributed by atoms with van der Waals surface area (Å²) in [6.45, 7) is 6.34. The average molecular weight is 252 g/mol. The fraction of sp³-hybridized carbons (Fsp3) is 0.462. The van der Waals surface area contributed by atoms with Crippen molar-refractivity contribution in [3.63, 3.8) is 0 Å². The van der Waals surface area contributed by atoms with Gasteiger partial charge in [0.1, 0.15) is 0 Å². The lowest BCUT2D eigenvalue weighted by Gasteiger charge is -2.33. The second-order valence-corrected chi connectivity index (χ2v) is 4.51. The lowest BCUT2D eigenvalue weighted by atomic mass is 10.2. The minimum atomic E-state index is 0.958. The third kappa shape index (κ3) is 4.11. The van der Waals surface area contributed by atoms with Crippen LogP contribution in [0.2, 0.25) is 0 Å². The second kappa shape index (κ2) is 6.74.